The highest BCUT2D eigenvalue weighted by atomic mass is 35.5. The highest BCUT2D eigenvalue weighted by Gasteiger charge is 2.17. The summed E-state index contributed by atoms with van der Waals surface area (Å²) in [7, 11) is 0. The van der Waals surface area contributed by atoms with Crippen molar-refractivity contribution >= 4 is 34.9 Å². The predicted molar refractivity (Wildman–Crippen MR) is 94.4 cm³/mol. The van der Waals surface area contributed by atoms with Crippen molar-refractivity contribution in [2.24, 2.45) is 0 Å². The van der Waals surface area contributed by atoms with Gasteiger partial charge in [0, 0.05) is 18.3 Å². The number of nitrogen functional groups attached to an aromatic ring is 2. The van der Waals surface area contributed by atoms with Crippen molar-refractivity contribution in [3.8, 4) is 11.5 Å². The quantitative estimate of drug-likeness (QED) is 0.770. The molecule has 0 aliphatic rings. The van der Waals surface area contributed by atoms with Gasteiger partial charge in [0.2, 0.25) is 0 Å². The van der Waals surface area contributed by atoms with Gasteiger partial charge in [-0.1, -0.05) is 11.6 Å². The minimum atomic E-state index is -0.599. The monoisotopic (exact) mass is 350 g/mol. The Morgan fingerprint density at radius 2 is 1.96 bits per heavy atom. The maximum absolute atomic E-state index is 11.8. The molecule has 128 valence electrons. The number of hydrogen-bond acceptors (Lipinski definition) is 6. The number of carbonyl (C=O) groups excluding carboxylic acids is 1. The smallest absolute Gasteiger partial charge is 0.412 e. The number of halogens is 1. The maximum atomic E-state index is 11.8. The van der Waals surface area contributed by atoms with Crippen LogP contribution in [0, 0.1) is 0 Å². The first-order chi connectivity index (χ1) is 11.2. The molecule has 0 spiro atoms. The summed E-state index contributed by atoms with van der Waals surface area (Å²) < 4.78 is 10.8. The number of nitrogens with zero attached hydrogens (tertiary/aromatic N) is 1. The van der Waals surface area contributed by atoms with Crippen LogP contribution in [0.2, 0.25) is 5.02 Å². The molecule has 0 fully saturated rings. The van der Waals surface area contributed by atoms with Crippen molar-refractivity contribution < 1.29 is 14.3 Å². The molecule has 0 unspecified atom stereocenters. The summed E-state index contributed by atoms with van der Waals surface area (Å²) in [6.45, 7) is 5.32. The van der Waals surface area contributed by atoms with Crippen LogP contribution in [0.1, 0.15) is 20.8 Å². The number of carbonyl (C=O) groups is 1. The van der Waals surface area contributed by atoms with Crippen LogP contribution >= 0.6 is 11.6 Å². The molecule has 0 aliphatic heterocycles. The van der Waals surface area contributed by atoms with Crippen LogP contribution in [-0.4, -0.2) is 16.7 Å². The zero-order valence-corrected chi connectivity index (χ0v) is 14.3. The van der Waals surface area contributed by atoms with Gasteiger partial charge < -0.3 is 20.9 Å². The van der Waals surface area contributed by atoms with Crippen molar-refractivity contribution in [1.29, 1.82) is 0 Å². The zero-order chi connectivity index (χ0) is 17.9. The maximum Gasteiger partial charge on any atom is 0.412 e. The second kappa shape index (κ2) is 6.84. The van der Waals surface area contributed by atoms with Gasteiger partial charge in [0.1, 0.15) is 22.9 Å². The molecule has 0 aliphatic carbocycles. The molecule has 2 aromatic rings. The van der Waals surface area contributed by atoms with Crippen LogP contribution in [0.25, 0.3) is 0 Å². The summed E-state index contributed by atoms with van der Waals surface area (Å²) in [4.78, 5) is 15.6. The highest BCUT2D eigenvalue weighted by Crippen LogP contribution is 2.33. The molecule has 1 amide bonds. The summed E-state index contributed by atoms with van der Waals surface area (Å²) in [5.41, 5.74) is 11.5. The Labute approximate surface area is 144 Å². The number of pyridine rings is 1. The van der Waals surface area contributed by atoms with E-state index < -0.39 is 11.7 Å². The van der Waals surface area contributed by atoms with Gasteiger partial charge in [0.15, 0.2) is 5.75 Å². The zero-order valence-electron chi connectivity index (χ0n) is 13.6. The van der Waals surface area contributed by atoms with E-state index in [0.717, 1.165) is 0 Å². The Bertz CT molecular complexity index is 759. The van der Waals surface area contributed by atoms with Crippen molar-refractivity contribution in [2.45, 2.75) is 26.4 Å². The minimum absolute atomic E-state index is 0.182. The number of amides is 1. The number of benzene rings is 1. The Hall–Kier alpha value is -2.67. The van der Waals surface area contributed by atoms with Gasteiger partial charge in [-0.3, -0.25) is 5.32 Å². The van der Waals surface area contributed by atoms with Crippen LogP contribution in [0.15, 0.2) is 30.5 Å². The third-order valence-corrected chi connectivity index (χ3v) is 3.10. The molecule has 0 bridgehead atoms. The van der Waals surface area contributed by atoms with Gasteiger partial charge in [-0.2, -0.15) is 0 Å². The fourth-order valence-corrected chi connectivity index (χ4v) is 1.98. The van der Waals surface area contributed by atoms with E-state index in [9.17, 15) is 4.79 Å². The Morgan fingerprint density at radius 3 is 2.58 bits per heavy atom. The SMILES string of the molecule is CC(C)(C)OC(=O)Nc1ccc(Oc2ccnc(N)c2N)cc1Cl. The third-order valence-electron chi connectivity index (χ3n) is 2.78. The lowest BCUT2D eigenvalue weighted by Crippen LogP contribution is -2.27. The number of nitrogens with two attached hydrogens (primary N) is 2. The van der Waals surface area contributed by atoms with Gasteiger partial charge in [-0.25, -0.2) is 9.78 Å². The van der Waals surface area contributed by atoms with Crippen LogP contribution in [-0.2, 0) is 4.74 Å². The van der Waals surface area contributed by atoms with Gasteiger partial charge in [0.05, 0.1) is 10.7 Å². The summed E-state index contributed by atoms with van der Waals surface area (Å²) in [5.74, 6) is 0.986. The average Bonchev–Trinajstić information content (AvgIpc) is 2.45. The van der Waals surface area contributed by atoms with E-state index in [1.807, 2.05) is 0 Å². The second-order valence-corrected chi connectivity index (χ2v) is 6.39. The summed E-state index contributed by atoms with van der Waals surface area (Å²) in [6.07, 6.45) is 0.894. The Balaban J connectivity index is 2.12. The minimum Gasteiger partial charge on any atom is -0.455 e. The lowest BCUT2D eigenvalue weighted by Gasteiger charge is -2.20. The molecule has 24 heavy (non-hydrogen) atoms. The van der Waals surface area contributed by atoms with E-state index in [1.165, 1.54) is 6.20 Å². The molecule has 2 rings (SSSR count). The number of hydrogen-bond donors (Lipinski definition) is 3. The Kier molecular flexibility index (Phi) is 5.04. The van der Waals surface area contributed by atoms with E-state index in [4.69, 9.17) is 32.5 Å². The summed E-state index contributed by atoms with van der Waals surface area (Å²) in [5, 5.41) is 2.87. The van der Waals surface area contributed by atoms with E-state index in [-0.39, 0.29) is 11.5 Å². The van der Waals surface area contributed by atoms with Gasteiger partial charge in [-0.05, 0) is 32.9 Å². The molecule has 0 radical (unpaired) electrons. The second-order valence-electron chi connectivity index (χ2n) is 5.98. The van der Waals surface area contributed by atoms with E-state index in [1.54, 1.807) is 45.0 Å². The van der Waals surface area contributed by atoms with Gasteiger partial charge in [0.25, 0.3) is 0 Å². The molecule has 0 atom stereocenters. The highest BCUT2D eigenvalue weighted by molar-refractivity contribution is 6.33. The first-order valence-electron chi connectivity index (χ1n) is 7.13. The van der Waals surface area contributed by atoms with Gasteiger partial charge in [-0.15, -0.1) is 0 Å². The fourth-order valence-electron chi connectivity index (χ4n) is 1.76. The lowest BCUT2D eigenvalue weighted by atomic mass is 10.2. The number of rotatable bonds is 3. The van der Waals surface area contributed by atoms with Crippen molar-refractivity contribution in [3.63, 3.8) is 0 Å². The lowest BCUT2D eigenvalue weighted by molar-refractivity contribution is 0.0636. The molecule has 1 heterocycles. The number of ether oxygens (including phenoxy) is 2. The molecule has 5 N–H and O–H groups in total. The van der Waals surface area contributed by atoms with E-state index in [2.05, 4.69) is 10.3 Å². The van der Waals surface area contributed by atoms with Crippen LogP contribution in [0.5, 0.6) is 11.5 Å². The average molecular weight is 351 g/mol. The van der Waals surface area contributed by atoms with E-state index >= 15 is 0 Å². The molecule has 0 saturated carbocycles. The first kappa shape index (κ1) is 17.7. The standard InChI is InChI=1S/C16H19ClN4O3/c1-16(2,3)24-15(22)21-11-5-4-9(8-10(11)17)23-12-6-7-20-14(19)13(12)18/h4-8H,18H2,1-3H3,(H2,19,20)(H,21,22). The largest absolute Gasteiger partial charge is 0.455 e. The molecule has 8 heteroatoms. The predicted octanol–water partition coefficient (Wildman–Crippen LogP) is 4.04. The van der Waals surface area contributed by atoms with Crippen LogP contribution < -0.4 is 21.5 Å². The van der Waals surface area contributed by atoms with Crippen molar-refractivity contribution in [1.82, 2.24) is 4.98 Å². The van der Waals surface area contributed by atoms with Crippen LogP contribution in [0.4, 0.5) is 22.0 Å². The van der Waals surface area contributed by atoms with Crippen molar-refractivity contribution in [2.75, 3.05) is 16.8 Å². The molecule has 0 saturated heterocycles. The van der Waals surface area contributed by atoms with Crippen LogP contribution in [0.3, 0.4) is 0 Å². The summed E-state index contributed by atoms with van der Waals surface area (Å²) in [6, 6.07) is 6.37. The molecular weight excluding hydrogens is 332 g/mol. The molecular formula is C16H19ClN4O3. The third kappa shape index (κ3) is 4.66. The number of aromatic nitrogens is 1. The normalized spacial score (nSPS) is 11.0. The fraction of sp³-hybridized carbons (Fsp3) is 0.250. The first-order valence-corrected chi connectivity index (χ1v) is 7.51. The Morgan fingerprint density at radius 1 is 1.25 bits per heavy atom. The van der Waals surface area contributed by atoms with E-state index in [0.29, 0.717) is 22.2 Å². The topological polar surface area (TPSA) is 112 Å². The summed E-state index contributed by atoms with van der Waals surface area (Å²) >= 11 is 6.16. The molecule has 1 aromatic carbocycles. The van der Waals surface area contributed by atoms with Gasteiger partial charge >= 0.3 is 6.09 Å². The number of anilines is 3. The molecule has 7 nitrogen and oxygen atoms in total. The van der Waals surface area contributed by atoms with Crippen molar-refractivity contribution in [3.05, 3.63) is 35.5 Å². The molecule has 1 aromatic heterocycles. The number of nitrogens with one attached hydrogen (secondary N) is 1.